The Morgan fingerprint density at radius 2 is 1.76 bits per heavy atom. The Hall–Kier alpha value is -2.43. The molecule has 0 aliphatic heterocycles. The number of rotatable bonds is 5. The van der Waals surface area contributed by atoms with E-state index >= 15 is 0 Å². The second-order valence-electron chi connectivity index (χ2n) is 4.94. The number of hydrogen-bond donors (Lipinski definition) is 2. The average Bonchev–Trinajstić information content (AvgIpc) is 2.49. The van der Waals surface area contributed by atoms with E-state index in [0.29, 0.717) is 11.5 Å². The summed E-state index contributed by atoms with van der Waals surface area (Å²) in [5.41, 5.74) is 3.35. The summed E-state index contributed by atoms with van der Waals surface area (Å²) in [5, 5.41) is 5.99. The van der Waals surface area contributed by atoms with Gasteiger partial charge in [0.05, 0.1) is 5.56 Å². The number of anilines is 2. The average molecular weight is 284 g/mol. The maximum atomic E-state index is 12.2. The van der Waals surface area contributed by atoms with E-state index in [4.69, 9.17) is 0 Å². The molecule has 0 bridgehead atoms. The molecule has 1 aromatic heterocycles. The molecule has 0 spiro atoms. The molecule has 0 unspecified atom stereocenters. The molecule has 0 aliphatic carbocycles. The molecule has 0 aliphatic rings. The lowest BCUT2D eigenvalue weighted by Crippen LogP contribution is -2.15. The van der Waals surface area contributed by atoms with Crippen molar-refractivity contribution in [3.8, 4) is 0 Å². The van der Waals surface area contributed by atoms with Crippen molar-refractivity contribution >= 4 is 17.5 Å². The van der Waals surface area contributed by atoms with Gasteiger partial charge in [-0.05, 0) is 31.4 Å². The van der Waals surface area contributed by atoms with Crippen LogP contribution in [0.2, 0.25) is 0 Å². The second kappa shape index (κ2) is 6.83. The van der Waals surface area contributed by atoms with Gasteiger partial charge in [0, 0.05) is 24.6 Å². The lowest BCUT2D eigenvalue weighted by molar-refractivity contribution is 0.102. The van der Waals surface area contributed by atoms with Crippen LogP contribution in [-0.4, -0.2) is 22.4 Å². The number of carbonyl (C=O) groups excluding carboxylic acids is 1. The lowest BCUT2D eigenvalue weighted by atomic mass is 10.1. The van der Waals surface area contributed by atoms with E-state index in [1.807, 2.05) is 32.0 Å². The van der Waals surface area contributed by atoms with Crippen LogP contribution in [0.5, 0.6) is 0 Å². The predicted molar refractivity (Wildman–Crippen MR) is 84.7 cm³/mol. The maximum absolute atomic E-state index is 12.2. The number of benzene rings is 1. The maximum Gasteiger partial charge on any atom is 0.258 e. The van der Waals surface area contributed by atoms with E-state index in [9.17, 15) is 4.79 Å². The summed E-state index contributed by atoms with van der Waals surface area (Å²) in [6.07, 6.45) is 4.07. The van der Waals surface area contributed by atoms with E-state index < -0.39 is 0 Å². The second-order valence-corrected chi connectivity index (χ2v) is 4.94. The SMILES string of the molecule is CCCNc1ncc(C(=O)Nc2c(C)cccc2C)cn1. The topological polar surface area (TPSA) is 66.9 Å². The Labute approximate surface area is 124 Å². The van der Waals surface area contributed by atoms with Crippen LogP contribution in [0, 0.1) is 13.8 Å². The number of amides is 1. The first-order chi connectivity index (χ1) is 10.1. The number of para-hydroxylation sites is 1. The third kappa shape index (κ3) is 3.78. The van der Waals surface area contributed by atoms with Crippen molar-refractivity contribution in [2.45, 2.75) is 27.2 Å². The summed E-state index contributed by atoms with van der Waals surface area (Å²) in [4.78, 5) is 20.5. The summed E-state index contributed by atoms with van der Waals surface area (Å²) in [6, 6.07) is 5.91. The Kier molecular flexibility index (Phi) is 4.87. The number of aryl methyl sites for hydroxylation is 2. The standard InChI is InChI=1S/C16H20N4O/c1-4-8-17-16-18-9-13(10-19-16)15(21)20-14-11(2)6-5-7-12(14)3/h5-7,9-10H,4,8H2,1-3H3,(H,20,21)(H,17,18,19). The number of nitrogens with zero attached hydrogens (tertiary/aromatic N) is 2. The summed E-state index contributed by atoms with van der Waals surface area (Å²) < 4.78 is 0. The highest BCUT2D eigenvalue weighted by atomic mass is 16.1. The Bertz CT molecular complexity index is 602. The highest BCUT2D eigenvalue weighted by molar-refractivity contribution is 6.04. The van der Waals surface area contributed by atoms with Gasteiger partial charge in [0.2, 0.25) is 5.95 Å². The molecule has 5 nitrogen and oxygen atoms in total. The fourth-order valence-electron chi connectivity index (χ4n) is 1.97. The van der Waals surface area contributed by atoms with Crippen molar-refractivity contribution < 1.29 is 4.79 Å². The molecule has 2 rings (SSSR count). The molecule has 110 valence electrons. The minimum Gasteiger partial charge on any atom is -0.354 e. The summed E-state index contributed by atoms with van der Waals surface area (Å²) in [5.74, 6) is 0.343. The van der Waals surface area contributed by atoms with Gasteiger partial charge in [-0.2, -0.15) is 0 Å². The first-order valence-corrected chi connectivity index (χ1v) is 7.05. The van der Waals surface area contributed by atoms with Crippen LogP contribution in [-0.2, 0) is 0 Å². The van der Waals surface area contributed by atoms with Crippen molar-refractivity contribution in [2.75, 3.05) is 17.2 Å². The number of carbonyl (C=O) groups is 1. The minimum absolute atomic E-state index is 0.200. The molecule has 0 fully saturated rings. The van der Waals surface area contributed by atoms with Gasteiger partial charge in [0.15, 0.2) is 0 Å². The highest BCUT2D eigenvalue weighted by Crippen LogP contribution is 2.20. The van der Waals surface area contributed by atoms with Gasteiger partial charge >= 0.3 is 0 Å². The van der Waals surface area contributed by atoms with Gasteiger partial charge in [-0.15, -0.1) is 0 Å². The third-order valence-electron chi connectivity index (χ3n) is 3.17. The summed E-state index contributed by atoms with van der Waals surface area (Å²) >= 11 is 0. The molecule has 2 aromatic rings. The van der Waals surface area contributed by atoms with Gasteiger partial charge < -0.3 is 10.6 Å². The Morgan fingerprint density at radius 1 is 1.14 bits per heavy atom. The van der Waals surface area contributed by atoms with Gasteiger partial charge in [0.1, 0.15) is 0 Å². The zero-order chi connectivity index (χ0) is 15.2. The Morgan fingerprint density at radius 3 is 2.33 bits per heavy atom. The van der Waals surface area contributed by atoms with Gasteiger partial charge in [-0.3, -0.25) is 4.79 Å². The van der Waals surface area contributed by atoms with E-state index in [2.05, 4.69) is 27.5 Å². The molecule has 0 saturated heterocycles. The van der Waals surface area contributed by atoms with Crippen LogP contribution in [0.3, 0.4) is 0 Å². The molecular weight excluding hydrogens is 264 g/mol. The van der Waals surface area contributed by atoms with E-state index in [1.165, 1.54) is 12.4 Å². The molecule has 1 heterocycles. The molecule has 0 saturated carbocycles. The number of nitrogens with one attached hydrogen (secondary N) is 2. The quantitative estimate of drug-likeness (QED) is 0.885. The molecule has 2 N–H and O–H groups in total. The van der Waals surface area contributed by atoms with Gasteiger partial charge in [-0.1, -0.05) is 25.1 Å². The van der Waals surface area contributed by atoms with Crippen molar-refractivity contribution in [3.63, 3.8) is 0 Å². The first kappa shape index (κ1) is 15.0. The van der Waals surface area contributed by atoms with E-state index in [0.717, 1.165) is 29.8 Å². The molecule has 1 amide bonds. The third-order valence-corrected chi connectivity index (χ3v) is 3.17. The van der Waals surface area contributed by atoms with Gasteiger partial charge in [0.25, 0.3) is 5.91 Å². The van der Waals surface area contributed by atoms with Gasteiger partial charge in [-0.25, -0.2) is 9.97 Å². The van der Waals surface area contributed by atoms with E-state index in [-0.39, 0.29) is 5.91 Å². The highest BCUT2D eigenvalue weighted by Gasteiger charge is 2.10. The molecule has 0 atom stereocenters. The molecule has 1 aromatic carbocycles. The Balaban J connectivity index is 2.10. The smallest absolute Gasteiger partial charge is 0.258 e. The van der Waals surface area contributed by atoms with E-state index in [1.54, 1.807) is 0 Å². The summed E-state index contributed by atoms with van der Waals surface area (Å²) in [6.45, 7) is 6.82. The lowest BCUT2D eigenvalue weighted by Gasteiger charge is -2.11. The van der Waals surface area contributed by atoms with Crippen LogP contribution >= 0.6 is 0 Å². The largest absolute Gasteiger partial charge is 0.354 e. The molecule has 0 radical (unpaired) electrons. The van der Waals surface area contributed by atoms with Crippen LogP contribution in [0.15, 0.2) is 30.6 Å². The van der Waals surface area contributed by atoms with Crippen molar-refractivity contribution in [2.24, 2.45) is 0 Å². The predicted octanol–water partition coefficient (Wildman–Crippen LogP) is 3.17. The van der Waals surface area contributed by atoms with Crippen LogP contribution in [0.1, 0.15) is 34.8 Å². The van der Waals surface area contributed by atoms with Crippen molar-refractivity contribution in [1.82, 2.24) is 9.97 Å². The zero-order valence-electron chi connectivity index (χ0n) is 12.6. The van der Waals surface area contributed by atoms with Crippen LogP contribution in [0.4, 0.5) is 11.6 Å². The fourth-order valence-corrected chi connectivity index (χ4v) is 1.97. The molecular formula is C16H20N4O. The fraction of sp³-hybridized carbons (Fsp3) is 0.312. The molecule has 5 heteroatoms. The first-order valence-electron chi connectivity index (χ1n) is 7.05. The number of aromatic nitrogens is 2. The van der Waals surface area contributed by atoms with Crippen LogP contribution in [0.25, 0.3) is 0 Å². The zero-order valence-corrected chi connectivity index (χ0v) is 12.6. The normalized spacial score (nSPS) is 10.2. The van der Waals surface area contributed by atoms with Crippen LogP contribution < -0.4 is 10.6 Å². The minimum atomic E-state index is -0.200. The van der Waals surface area contributed by atoms with Crippen molar-refractivity contribution in [3.05, 3.63) is 47.3 Å². The monoisotopic (exact) mass is 284 g/mol. The number of hydrogen-bond acceptors (Lipinski definition) is 4. The molecule has 21 heavy (non-hydrogen) atoms. The van der Waals surface area contributed by atoms with Crippen molar-refractivity contribution in [1.29, 1.82) is 0 Å². The summed E-state index contributed by atoms with van der Waals surface area (Å²) in [7, 11) is 0.